The molecule has 1 amide bonds. The molecular weight excluding hydrogens is 364 g/mol. The number of rotatable bonds is 5. The normalized spacial score (nSPS) is 12.2. The monoisotopic (exact) mass is 384 g/mol. The van der Waals surface area contributed by atoms with Gasteiger partial charge in [-0.3, -0.25) is 0 Å². The number of amides is 1. The van der Waals surface area contributed by atoms with Crippen LogP contribution in [0.2, 0.25) is 5.02 Å². The molecule has 2 N–H and O–H groups in total. The zero-order chi connectivity index (χ0) is 18.7. The number of ether oxygens (including phenoxy) is 1. The summed E-state index contributed by atoms with van der Waals surface area (Å²) in [6.45, 7) is 5.43. The first kappa shape index (κ1) is 19.5. The topological polar surface area (TPSA) is 84.5 Å². The third kappa shape index (κ3) is 5.88. The molecule has 0 aliphatic rings. The molecule has 0 atom stereocenters. The summed E-state index contributed by atoms with van der Waals surface area (Å²) in [5.74, 6) is 0. The molecule has 0 unspecified atom stereocenters. The maximum atomic E-state index is 12.3. The number of fused-ring (bicyclic) bond motifs is 1. The number of halogens is 1. The summed E-state index contributed by atoms with van der Waals surface area (Å²) in [5, 5.41) is 4.72. The fraction of sp³-hybridized carbons (Fsp3) is 0.353. The fourth-order valence-corrected chi connectivity index (χ4v) is 3.36. The molecule has 25 heavy (non-hydrogen) atoms. The number of sulfonamides is 1. The summed E-state index contributed by atoms with van der Waals surface area (Å²) < 4.78 is 32.2. The number of nitrogens with one attached hydrogen (secondary N) is 2. The highest BCUT2D eigenvalue weighted by atomic mass is 35.5. The van der Waals surface area contributed by atoms with E-state index in [4.69, 9.17) is 16.3 Å². The molecule has 6 nitrogen and oxygen atoms in total. The van der Waals surface area contributed by atoms with Gasteiger partial charge in [-0.15, -0.1) is 0 Å². The van der Waals surface area contributed by atoms with Crippen LogP contribution in [-0.4, -0.2) is 33.2 Å². The molecule has 8 heteroatoms. The van der Waals surface area contributed by atoms with E-state index in [2.05, 4.69) is 10.0 Å². The van der Waals surface area contributed by atoms with E-state index in [0.29, 0.717) is 5.02 Å². The highest BCUT2D eigenvalue weighted by molar-refractivity contribution is 7.89. The minimum absolute atomic E-state index is 0.0558. The second-order valence-electron chi connectivity index (χ2n) is 6.48. The minimum Gasteiger partial charge on any atom is -0.444 e. The molecule has 0 radical (unpaired) electrons. The van der Waals surface area contributed by atoms with Gasteiger partial charge >= 0.3 is 6.09 Å². The molecule has 2 rings (SSSR count). The lowest BCUT2D eigenvalue weighted by Crippen LogP contribution is -2.37. The lowest BCUT2D eigenvalue weighted by molar-refractivity contribution is 0.0529. The standard InChI is InChI=1S/C17H21ClN2O4S/c1-17(2,3)24-16(21)19-8-9-20-25(22,23)15-7-5-12-10-14(18)6-4-13(12)11-15/h4-7,10-11,20H,8-9H2,1-3H3,(H,19,21). The van der Waals surface area contributed by atoms with Crippen LogP contribution < -0.4 is 10.0 Å². The number of carbonyl (C=O) groups is 1. The number of hydrogen-bond donors (Lipinski definition) is 2. The summed E-state index contributed by atoms with van der Waals surface area (Å²) in [7, 11) is -3.67. The molecule has 0 aliphatic heterocycles. The van der Waals surface area contributed by atoms with Gasteiger partial charge in [0.25, 0.3) is 0 Å². The Morgan fingerprint density at radius 3 is 2.40 bits per heavy atom. The van der Waals surface area contributed by atoms with Gasteiger partial charge in [-0.05, 0) is 55.8 Å². The lowest BCUT2D eigenvalue weighted by atomic mass is 10.1. The van der Waals surface area contributed by atoms with Crippen LogP contribution in [0.4, 0.5) is 4.79 Å². The first-order valence-corrected chi connectivity index (χ1v) is 9.59. The van der Waals surface area contributed by atoms with Gasteiger partial charge in [0.2, 0.25) is 10.0 Å². The summed E-state index contributed by atoms with van der Waals surface area (Å²) in [4.78, 5) is 11.7. The third-order valence-electron chi connectivity index (χ3n) is 3.17. The van der Waals surface area contributed by atoms with E-state index in [9.17, 15) is 13.2 Å². The quantitative estimate of drug-likeness (QED) is 0.774. The Hall–Kier alpha value is -1.83. The van der Waals surface area contributed by atoms with E-state index in [1.807, 2.05) is 0 Å². The number of benzene rings is 2. The molecule has 0 aromatic heterocycles. The van der Waals surface area contributed by atoms with Gasteiger partial charge in [0, 0.05) is 18.1 Å². The van der Waals surface area contributed by atoms with Crippen LogP contribution >= 0.6 is 11.6 Å². The summed E-state index contributed by atoms with van der Waals surface area (Å²) in [6, 6.07) is 10.0. The van der Waals surface area contributed by atoms with E-state index in [1.165, 1.54) is 6.07 Å². The van der Waals surface area contributed by atoms with Crippen molar-refractivity contribution in [2.75, 3.05) is 13.1 Å². The molecule has 0 fully saturated rings. The Kier molecular flexibility index (Phi) is 5.92. The van der Waals surface area contributed by atoms with Gasteiger partial charge in [0.05, 0.1) is 4.90 Å². The van der Waals surface area contributed by atoms with E-state index < -0.39 is 21.7 Å². The van der Waals surface area contributed by atoms with Gasteiger partial charge in [-0.2, -0.15) is 0 Å². The van der Waals surface area contributed by atoms with Crippen LogP contribution in [0.15, 0.2) is 41.3 Å². The van der Waals surface area contributed by atoms with Crippen molar-refractivity contribution in [2.24, 2.45) is 0 Å². The molecule has 136 valence electrons. The molecule has 0 saturated heterocycles. The zero-order valence-corrected chi connectivity index (χ0v) is 15.9. The van der Waals surface area contributed by atoms with Gasteiger partial charge in [0.1, 0.15) is 5.60 Å². The van der Waals surface area contributed by atoms with Crippen LogP contribution in [0, 0.1) is 0 Å². The molecule has 2 aromatic rings. The highest BCUT2D eigenvalue weighted by Crippen LogP contribution is 2.22. The molecule has 0 aliphatic carbocycles. The third-order valence-corrected chi connectivity index (χ3v) is 4.86. The SMILES string of the molecule is CC(C)(C)OC(=O)NCCNS(=O)(=O)c1ccc2cc(Cl)ccc2c1. The van der Waals surface area contributed by atoms with Crippen molar-refractivity contribution in [1.82, 2.24) is 10.0 Å². The predicted octanol–water partition coefficient (Wildman–Crippen LogP) is 3.30. The summed E-state index contributed by atoms with van der Waals surface area (Å²) in [5.41, 5.74) is -0.600. The van der Waals surface area contributed by atoms with Gasteiger partial charge in [-0.25, -0.2) is 17.9 Å². The summed E-state index contributed by atoms with van der Waals surface area (Å²) >= 11 is 5.92. The zero-order valence-electron chi connectivity index (χ0n) is 14.3. The lowest BCUT2D eigenvalue weighted by Gasteiger charge is -2.19. The van der Waals surface area contributed by atoms with Crippen molar-refractivity contribution >= 4 is 38.5 Å². The van der Waals surface area contributed by atoms with Crippen molar-refractivity contribution in [2.45, 2.75) is 31.3 Å². The number of carbonyl (C=O) groups excluding carboxylic acids is 1. The molecule has 0 spiro atoms. The largest absolute Gasteiger partial charge is 0.444 e. The average Bonchev–Trinajstić information content (AvgIpc) is 2.49. The maximum absolute atomic E-state index is 12.3. The Balaban J connectivity index is 1.95. The smallest absolute Gasteiger partial charge is 0.407 e. The highest BCUT2D eigenvalue weighted by Gasteiger charge is 2.17. The summed E-state index contributed by atoms with van der Waals surface area (Å²) in [6.07, 6.45) is -0.589. The molecule has 0 heterocycles. The number of alkyl carbamates (subject to hydrolysis) is 1. The van der Waals surface area contributed by atoms with Crippen molar-refractivity contribution in [3.63, 3.8) is 0 Å². The number of hydrogen-bond acceptors (Lipinski definition) is 4. The first-order chi connectivity index (χ1) is 11.6. The van der Waals surface area contributed by atoms with Crippen LogP contribution in [0.3, 0.4) is 0 Å². The van der Waals surface area contributed by atoms with Crippen LogP contribution in [0.25, 0.3) is 10.8 Å². The first-order valence-electron chi connectivity index (χ1n) is 7.73. The molecular formula is C17H21ClN2O4S. The van der Waals surface area contributed by atoms with Crippen molar-refractivity contribution in [3.05, 3.63) is 41.4 Å². The van der Waals surface area contributed by atoms with E-state index >= 15 is 0 Å². The maximum Gasteiger partial charge on any atom is 0.407 e. The van der Waals surface area contributed by atoms with Gasteiger partial charge in [0.15, 0.2) is 0 Å². The van der Waals surface area contributed by atoms with Crippen molar-refractivity contribution in [3.8, 4) is 0 Å². The second-order valence-corrected chi connectivity index (χ2v) is 8.68. The minimum atomic E-state index is -3.67. The van der Waals surface area contributed by atoms with Gasteiger partial charge in [-0.1, -0.05) is 23.7 Å². The molecule has 0 saturated carbocycles. The molecule has 2 aromatic carbocycles. The predicted molar refractivity (Wildman–Crippen MR) is 98.4 cm³/mol. The Bertz CT molecular complexity index is 876. The van der Waals surface area contributed by atoms with E-state index in [-0.39, 0.29) is 18.0 Å². The second kappa shape index (κ2) is 7.59. The van der Waals surface area contributed by atoms with Crippen molar-refractivity contribution < 1.29 is 17.9 Å². The van der Waals surface area contributed by atoms with E-state index in [1.54, 1.807) is 51.1 Å². The molecule has 0 bridgehead atoms. The van der Waals surface area contributed by atoms with Crippen LogP contribution in [0.1, 0.15) is 20.8 Å². The van der Waals surface area contributed by atoms with Crippen LogP contribution in [-0.2, 0) is 14.8 Å². The Morgan fingerprint density at radius 1 is 1.08 bits per heavy atom. The fourth-order valence-electron chi connectivity index (χ4n) is 2.11. The van der Waals surface area contributed by atoms with Crippen molar-refractivity contribution in [1.29, 1.82) is 0 Å². The van der Waals surface area contributed by atoms with Gasteiger partial charge < -0.3 is 10.1 Å². The Labute approximate surface area is 152 Å². The van der Waals surface area contributed by atoms with E-state index in [0.717, 1.165) is 10.8 Å². The average molecular weight is 385 g/mol. The van der Waals surface area contributed by atoms with Crippen LogP contribution in [0.5, 0.6) is 0 Å². The Morgan fingerprint density at radius 2 is 1.72 bits per heavy atom.